The van der Waals surface area contributed by atoms with Gasteiger partial charge in [-0.25, -0.2) is 4.98 Å². The lowest BCUT2D eigenvalue weighted by atomic mass is 10.2. The number of imidazole rings is 1. The Hall–Kier alpha value is -1.81. The van der Waals surface area contributed by atoms with E-state index < -0.39 is 0 Å². The molecule has 1 aliphatic carbocycles. The molecule has 1 aromatic carbocycles. The molecule has 4 heteroatoms. The van der Waals surface area contributed by atoms with E-state index in [0.29, 0.717) is 12.6 Å². The molecule has 3 rings (SSSR count). The standard InChI is InChI=1S/C15H19N3O/c1-2-19-14-5-3-4-11(8-14)15-17-10-13(18-15)9-16-12-6-7-12/h3-5,8,10,12,16H,2,6-7,9H2,1H3,(H,17,18). The van der Waals surface area contributed by atoms with Crippen LogP contribution in [0.1, 0.15) is 25.5 Å². The molecular formula is C15H19N3O. The topological polar surface area (TPSA) is 49.9 Å². The first-order valence-corrected chi connectivity index (χ1v) is 6.85. The maximum atomic E-state index is 5.51. The van der Waals surface area contributed by atoms with Gasteiger partial charge in [0.15, 0.2) is 0 Å². The predicted octanol–water partition coefficient (Wildman–Crippen LogP) is 2.73. The molecule has 1 aliphatic rings. The second-order valence-electron chi connectivity index (χ2n) is 4.87. The van der Waals surface area contributed by atoms with Crippen molar-refractivity contribution in [2.24, 2.45) is 0 Å². The fourth-order valence-corrected chi connectivity index (χ4v) is 2.04. The Labute approximate surface area is 113 Å². The fraction of sp³-hybridized carbons (Fsp3) is 0.400. The van der Waals surface area contributed by atoms with Crippen molar-refractivity contribution in [3.8, 4) is 17.1 Å². The van der Waals surface area contributed by atoms with Crippen LogP contribution in [0.5, 0.6) is 5.75 Å². The average molecular weight is 257 g/mol. The van der Waals surface area contributed by atoms with Gasteiger partial charge in [0.25, 0.3) is 0 Å². The van der Waals surface area contributed by atoms with Crippen LogP contribution in [-0.4, -0.2) is 22.6 Å². The Morgan fingerprint density at radius 1 is 1.42 bits per heavy atom. The number of hydrogen-bond donors (Lipinski definition) is 2. The highest BCUT2D eigenvalue weighted by atomic mass is 16.5. The molecule has 2 aromatic rings. The van der Waals surface area contributed by atoms with E-state index in [1.807, 2.05) is 37.4 Å². The van der Waals surface area contributed by atoms with Crippen molar-refractivity contribution in [1.29, 1.82) is 0 Å². The zero-order valence-electron chi connectivity index (χ0n) is 11.1. The summed E-state index contributed by atoms with van der Waals surface area (Å²) in [5.41, 5.74) is 2.19. The zero-order valence-corrected chi connectivity index (χ0v) is 11.1. The van der Waals surface area contributed by atoms with E-state index in [2.05, 4.69) is 15.3 Å². The van der Waals surface area contributed by atoms with Crippen LogP contribution in [0.4, 0.5) is 0 Å². The summed E-state index contributed by atoms with van der Waals surface area (Å²) in [5, 5.41) is 3.47. The molecule has 19 heavy (non-hydrogen) atoms. The normalized spacial score (nSPS) is 14.6. The number of benzene rings is 1. The van der Waals surface area contributed by atoms with Gasteiger partial charge >= 0.3 is 0 Å². The van der Waals surface area contributed by atoms with Crippen molar-refractivity contribution in [2.75, 3.05) is 6.61 Å². The van der Waals surface area contributed by atoms with E-state index in [9.17, 15) is 0 Å². The number of H-pyrrole nitrogens is 1. The van der Waals surface area contributed by atoms with Crippen molar-refractivity contribution >= 4 is 0 Å². The molecule has 0 saturated heterocycles. The van der Waals surface area contributed by atoms with Crippen LogP contribution in [-0.2, 0) is 6.54 Å². The number of hydrogen-bond acceptors (Lipinski definition) is 3. The average Bonchev–Trinajstić information content (AvgIpc) is 3.14. The lowest BCUT2D eigenvalue weighted by Crippen LogP contribution is -2.15. The van der Waals surface area contributed by atoms with Gasteiger partial charge in [-0.2, -0.15) is 0 Å². The predicted molar refractivity (Wildman–Crippen MR) is 75.1 cm³/mol. The van der Waals surface area contributed by atoms with E-state index in [1.54, 1.807) is 0 Å². The lowest BCUT2D eigenvalue weighted by Gasteiger charge is -2.04. The van der Waals surface area contributed by atoms with E-state index in [0.717, 1.165) is 29.4 Å². The lowest BCUT2D eigenvalue weighted by molar-refractivity contribution is 0.340. The molecular weight excluding hydrogens is 238 g/mol. The molecule has 1 aromatic heterocycles. The Bertz CT molecular complexity index is 546. The number of aromatic amines is 1. The van der Waals surface area contributed by atoms with Crippen LogP contribution >= 0.6 is 0 Å². The van der Waals surface area contributed by atoms with E-state index in [-0.39, 0.29) is 0 Å². The van der Waals surface area contributed by atoms with Crippen LogP contribution in [0.15, 0.2) is 30.5 Å². The minimum atomic E-state index is 0.679. The summed E-state index contributed by atoms with van der Waals surface area (Å²) in [6.07, 6.45) is 4.51. The van der Waals surface area contributed by atoms with Gasteiger partial charge in [-0.05, 0) is 31.9 Å². The minimum Gasteiger partial charge on any atom is -0.494 e. The Balaban J connectivity index is 1.71. The Morgan fingerprint density at radius 3 is 3.11 bits per heavy atom. The number of nitrogens with one attached hydrogen (secondary N) is 2. The summed E-state index contributed by atoms with van der Waals surface area (Å²) in [5.74, 6) is 1.78. The molecule has 1 fully saturated rings. The summed E-state index contributed by atoms with van der Waals surface area (Å²) in [4.78, 5) is 7.79. The minimum absolute atomic E-state index is 0.679. The first kappa shape index (κ1) is 12.2. The van der Waals surface area contributed by atoms with E-state index in [1.165, 1.54) is 12.8 Å². The summed E-state index contributed by atoms with van der Waals surface area (Å²) in [7, 11) is 0. The number of ether oxygens (including phenoxy) is 1. The van der Waals surface area contributed by atoms with Crippen LogP contribution in [0.2, 0.25) is 0 Å². The van der Waals surface area contributed by atoms with E-state index >= 15 is 0 Å². The second-order valence-corrected chi connectivity index (χ2v) is 4.87. The van der Waals surface area contributed by atoms with Crippen molar-refractivity contribution in [1.82, 2.24) is 15.3 Å². The third-order valence-corrected chi connectivity index (χ3v) is 3.21. The van der Waals surface area contributed by atoms with Crippen LogP contribution in [0, 0.1) is 0 Å². The van der Waals surface area contributed by atoms with Gasteiger partial charge < -0.3 is 15.0 Å². The molecule has 0 atom stereocenters. The molecule has 0 spiro atoms. The molecule has 0 unspecified atom stereocenters. The summed E-state index contributed by atoms with van der Waals surface area (Å²) in [6.45, 7) is 3.53. The third-order valence-electron chi connectivity index (χ3n) is 3.21. The first-order valence-electron chi connectivity index (χ1n) is 6.85. The molecule has 100 valence electrons. The maximum absolute atomic E-state index is 5.51. The van der Waals surface area contributed by atoms with Gasteiger partial charge in [0.1, 0.15) is 11.6 Å². The number of nitrogens with zero attached hydrogens (tertiary/aromatic N) is 1. The monoisotopic (exact) mass is 257 g/mol. The van der Waals surface area contributed by atoms with Gasteiger partial charge in [-0.3, -0.25) is 0 Å². The highest BCUT2D eigenvalue weighted by Gasteiger charge is 2.20. The van der Waals surface area contributed by atoms with Crippen molar-refractivity contribution in [3.05, 3.63) is 36.2 Å². The highest BCUT2D eigenvalue weighted by molar-refractivity contribution is 5.57. The molecule has 0 radical (unpaired) electrons. The zero-order chi connectivity index (χ0) is 13.1. The largest absolute Gasteiger partial charge is 0.494 e. The Morgan fingerprint density at radius 2 is 2.32 bits per heavy atom. The second kappa shape index (κ2) is 5.45. The third kappa shape index (κ3) is 3.15. The molecule has 0 amide bonds. The SMILES string of the molecule is CCOc1cccc(-c2ncc(CNC3CC3)[nH]2)c1. The first-order chi connectivity index (χ1) is 9.35. The molecule has 0 aliphatic heterocycles. The summed E-state index contributed by atoms with van der Waals surface area (Å²) in [6, 6.07) is 8.73. The van der Waals surface area contributed by atoms with Crippen molar-refractivity contribution in [3.63, 3.8) is 0 Å². The van der Waals surface area contributed by atoms with Crippen molar-refractivity contribution in [2.45, 2.75) is 32.4 Å². The quantitative estimate of drug-likeness (QED) is 0.836. The van der Waals surface area contributed by atoms with Gasteiger partial charge in [0.2, 0.25) is 0 Å². The van der Waals surface area contributed by atoms with Gasteiger partial charge in [0, 0.05) is 30.0 Å². The van der Waals surface area contributed by atoms with E-state index in [4.69, 9.17) is 4.74 Å². The fourth-order valence-electron chi connectivity index (χ4n) is 2.04. The molecule has 2 N–H and O–H groups in total. The number of aromatic nitrogens is 2. The van der Waals surface area contributed by atoms with Gasteiger partial charge in [-0.1, -0.05) is 12.1 Å². The molecule has 1 saturated carbocycles. The summed E-state index contributed by atoms with van der Waals surface area (Å²) < 4.78 is 5.51. The maximum Gasteiger partial charge on any atom is 0.137 e. The number of rotatable bonds is 6. The Kier molecular flexibility index (Phi) is 3.51. The van der Waals surface area contributed by atoms with Gasteiger partial charge in [0.05, 0.1) is 6.61 Å². The molecule has 0 bridgehead atoms. The molecule has 1 heterocycles. The van der Waals surface area contributed by atoms with Crippen LogP contribution in [0.3, 0.4) is 0 Å². The highest BCUT2D eigenvalue weighted by Crippen LogP contribution is 2.22. The summed E-state index contributed by atoms with van der Waals surface area (Å²) >= 11 is 0. The molecule has 4 nitrogen and oxygen atoms in total. The van der Waals surface area contributed by atoms with Gasteiger partial charge in [-0.15, -0.1) is 0 Å². The smallest absolute Gasteiger partial charge is 0.137 e. The van der Waals surface area contributed by atoms with Crippen molar-refractivity contribution < 1.29 is 4.74 Å². The van der Waals surface area contributed by atoms with Crippen LogP contribution < -0.4 is 10.1 Å². The van der Waals surface area contributed by atoms with Crippen LogP contribution in [0.25, 0.3) is 11.4 Å².